The molecular weight excluding hydrogens is 254 g/mol. The molecule has 2 heterocycles. The Morgan fingerprint density at radius 3 is 2.69 bits per heavy atom. The number of rotatable bonds is 2. The highest BCUT2D eigenvalue weighted by Gasteiger charge is 2.38. The summed E-state index contributed by atoms with van der Waals surface area (Å²) in [5, 5.41) is 3.09. The second-order valence-electron chi connectivity index (χ2n) is 3.62. The van der Waals surface area contributed by atoms with Crippen LogP contribution in [0.15, 0.2) is 12.3 Å². The van der Waals surface area contributed by atoms with E-state index in [0.29, 0.717) is 5.82 Å². The van der Waals surface area contributed by atoms with Gasteiger partial charge in [0.15, 0.2) is 0 Å². The fourth-order valence-electron chi connectivity index (χ4n) is 1.72. The van der Waals surface area contributed by atoms with E-state index in [2.05, 4.69) is 5.10 Å². The average molecular weight is 264 g/mol. The van der Waals surface area contributed by atoms with E-state index in [1.165, 1.54) is 9.58 Å². The SMILES string of the molecule is Cn1nccc1N1CC(S(=O)(=O)Cl)CC1=O. The van der Waals surface area contributed by atoms with E-state index in [1.54, 1.807) is 19.3 Å². The molecule has 1 aliphatic heterocycles. The molecule has 8 heteroatoms. The van der Waals surface area contributed by atoms with Crippen LogP contribution in [-0.2, 0) is 20.9 Å². The quantitative estimate of drug-likeness (QED) is 0.709. The summed E-state index contributed by atoms with van der Waals surface area (Å²) >= 11 is 0. The Kier molecular flexibility index (Phi) is 2.67. The monoisotopic (exact) mass is 263 g/mol. The molecular formula is C8H10ClN3O3S. The first-order valence-corrected chi connectivity index (χ1v) is 6.98. The van der Waals surface area contributed by atoms with Crippen LogP contribution in [0.4, 0.5) is 5.82 Å². The highest BCUT2D eigenvalue weighted by Crippen LogP contribution is 2.25. The zero-order valence-electron chi connectivity index (χ0n) is 8.50. The first-order chi connectivity index (χ1) is 7.39. The first-order valence-electron chi connectivity index (χ1n) is 4.61. The van der Waals surface area contributed by atoms with Crippen molar-refractivity contribution in [3.05, 3.63) is 12.3 Å². The van der Waals surface area contributed by atoms with Crippen molar-refractivity contribution >= 4 is 31.5 Å². The number of nitrogens with zero attached hydrogens (tertiary/aromatic N) is 3. The summed E-state index contributed by atoms with van der Waals surface area (Å²) < 4.78 is 23.8. The van der Waals surface area contributed by atoms with E-state index in [0.717, 1.165) is 0 Å². The van der Waals surface area contributed by atoms with Crippen LogP contribution in [0.2, 0.25) is 0 Å². The van der Waals surface area contributed by atoms with Gasteiger partial charge in [0.2, 0.25) is 15.0 Å². The van der Waals surface area contributed by atoms with Crippen molar-refractivity contribution < 1.29 is 13.2 Å². The van der Waals surface area contributed by atoms with Gasteiger partial charge in [0.1, 0.15) is 11.1 Å². The number of amides is 1. The Morgan fingerprint density at radius 2 is 2.25 bits per heavy atom. The fourth-order valence-corrected chi connectivity index (χ4v) is 2.74. The molecule has 0 aliphatic carbocycles. The maximum atomic E-state index is 11.6. The molecule has 1 aromatic heterocycles. The smallest absolute Gasteiger partial charge is 0.237 e. The third-order valence-corrected chi connectivity index (χ3v) is 4.43. The maximum absolute atomic E-state index is 11.6. The maximum Gasteiger partial charge on any atom is 0.237 e. The molecule has 0 N–H and O–H groups in total. The van der Waals surface area contributed by atoms with Crippen LogP contribution in [0.5, 0.6) is 0 Å². The molecule has 0 radical (unpaired) electrons. The highest BCUT2D eigenvalue weighted by atomic mass is 35.7. The number of hydrogen-bond donors (Lipinski definition) is 0. The third-order valence-electron chi connectivity index (χ3n) is 2.56. The molecule has 1 aliphatic rings. The van der Waals surface area contributed by atoms with E-state index in [1.807, 2.05) is 0 Å². The number of carbonyl (C=O) groups is 1. The van der Waals surface area contributed by atoms with E-state index in [9.17, 15) is 13.2 Å². The van der Waals surface area contributed by atoms with Crippen molar-refractivity contribution in [3.63, 3.8) is 0 Å². The Morgan fingerprint density at radius 1 is 1.56 bits per heavy atom. The molecule has 2 rings (SSSR count). The van der Waals surface area contributed by atoms with Gasteiger partial charge in [-0.15, -0.1) is 0 Å². The van der Waals surface area contributed by atoms with Crippen molar-refractivity contribution in [1.82, 2.24) is 9.78 Å². The van der Waals surface area contributed by atoms with Gasteiger partial charge >= 0.3 is 0 Å². The fraction of sp³-hybridized carbons (Fsp3) is 0.500. The van der Waals surface area contributed by atoms with Gasteiger partial charge in [0.05, 0.1) is 6.20 Å². The van der Waals surface area contributed by atoms with Crippen LogP contribution in [0.25, 0.3) is 0 Å². The summed E-state index contributed by atoms with van der Waals surface area (Å²) in [4.78, 5) is 13.0. The summed E-state index contributed by atoms with van der Waals surface area (Å²) in [6.07, 6.45) is 1.47. The number of anilines is 1. The topological polar surface area (TPSA) is 72.3 Å². The Balaban J connectivity index is 2.28. The number of aryl methyl sites for hydroxylation is 1. The molecule has 0 aromatic carbocycles. The molecule has 16 heavy (non-hydrogen) atoms. The molecule has 1 unspecified atom stereocenters. The minimum Gasteiger partial charge on any atom is -0.296 e. The molecule has 1 atom stereocenters. The molecule has 1 amide bonds. The summed E-state index contributed by atoms with van der Waals surface area (Å²) in [6.45, 7) is 0.0875. The van der Waals surface area contributed by atoms with Crippen molar-refractivity contribution in [2.24, 2.45) is 7.05 Å². The lowest BCUT2D eigenvalue weighted by Crippen LogP contribution is -2.28. The Hall–Kier alpha value is -1.08. The van der Waals surface area contributed by atoms with Crippen LogP contribution >= 0.6 is 10.7 Å². The lowest BCUT2D eigenvalue weighted by atomic mass is 10.4. The largest absolute Gasteiger partial charge is 0.296 e. The van der Waals surface area contributed by atoms with Crippen molar-refractivity contribution in [2.75, 3.05) is 11.4 Å². The minimum atomic E-state index is -3.69. The van der Waals surface area contributed by atoms with Crippen LogP contribution in [-0.4, -0.2) is 35.9 Å². The molecule has 0 bridgehead atoms. The average Bonchev–Trinajstić information content (AvgIpc) is 2.70. The van der Waals surface area contributed by atoms with Crippen LogP contribution in [0.3, 0.4) is 0 Å². The minimum absolute atomic E-state index is 0.0724. The van der Waals surface area contributed by atoms with Crippen LogP contribution in [0.1, 0.15) is 6.42 Å². The molecule has 1 aromatic rings. The second kappa shape index (κ2) is 3.74. The lowest BCUT2D eigenvalue weighted by molar-refractivity contribution is -0.117. The summed E-state index contributed by atoms with van der Waals surface area (Å²) in [6, 6.07) is 1.65. The molecule has 6 nitrogen and oxygen atoms in total. The number of hydrogen-bond acceptors (Lipinski definition) is 4. The zero-order chi connectivity index (χ0) is 11.9. The predicted molar refractivity (Wildman–Crippen MR) is 58.7 cm³/mol. The first kappa shape index (κ1) is 11.4. The van der Waals surface area contributed by atoms with Gasteiger partial charge in [-0.25, -0.2) is 8.42 Å². The van der Waals surface area contributed by atoms with E-state index < -0.39 is 14.3 Å². The number of carbonyl (C=O) groups excluding carboxylic acids is 1. The van der Waals surface area contributed by atoms with E-state index in [4.69, 9.17) is 10.7 Å². The lowest BCUT2D eigenvalue weighted by Gasteiger charge is -2.15. The van der Waals surface area contributed by atoms with Crippen LogP contribution in [0, 0.1) is 0 Å². The predicted octanol–water partition coefficient (Wildman–Crippen LogP) is 0.0940. The molecule has 0 spiro atoms. The van der Waals surface area contributed by atoms with Crippen LogP contribution < -0.4 is 4.90 Å². The Bertz CT molecular complexity index is 524. The van der Waals surface area contributed by atoms with Gasteiger partial charge in [-0.1, -0.05) is 0 Å². The van der Waals surface area contributed by atoms with Crippen molar-refractivity contribution in [1.29, 1.82) is 0 Å². The van der Waals surface area contributed by atoms with Gasteiger partial charge in [0, 0.05) is 36.8 Å². The van der Waals surface area contributed by atoms with E-state index >= 15 is 0 Å². The van der Waals surface area contributed by atoms with Crippen molar-refractivity contribution in [2.45, 2.75) is 11.7 Å². The van der Waals surface area contributed by atoms with Gasteiger partial charge in [-0.3, -0.25) is 14.4 Å². The summed E-state index contributed by atoms with van der Waals surface area (Å²) in [5.74, 6) is 0.325. The van der Waals surface area contributed by atoms with Crippen molar-refractivity contribution in [3.8, 4) is 0 Å². The number of aromatic nitrogens is 2. The third kappa shape index (κ3) is 1.92. The number of halogens is 1. The standard InChI is InChI=1S/C8H10ClN3O3S/c1-11-7(2-3-10-11)12-5-6(4-8(12)13)16(9,14)15/h2-3,6H,4-5H2,1H3. The highest BCUT2D eigenvalue weighted by molar-refractivity contribution is 8.14. The van der Waals surface area contributed by atoms with Gasteiger partial charge in [-0.05, 0) is 0 Å². The van der Waals surface area contributed by atoms with Gasteiger partial charge in [-0.2, -0.15) is 5.10 Å². The summed E-state index contributed by atoms with van der Waals surface area (Å²) in [7, 11) is 3.24. The molecule has 1 saturated heterocycles. The summed E-state index contributed by atoms with van der Waals surface area (Å²) in [5.41, 5.74) is 0. The van der Waals surface area contributed by atoms with E-state index in [-0.39, 0.29) is 18.9 Å². The molecule has 88 valence electrons. The normalized spacial score (nSPS) is 21.8. The van der Waals surface area contributed by atoms with Gasteiger partial charge < -0.3 is 0 Å². The second-order valence-corrected chi connectivity index (χ2v) is 6.53. The zero-order valence-corrected chi connectivity index (χ0v) is 10.1. The molecule has 0 saturated carbocycles. The van der Waals surface area contributed by atoms with Gasteiger partial charge in [0.25, 0.3) is 0 Å². The Labute approximate surface area is 97.2 Å². The molecule has 1 fully saturated rings.